The molecule has 0 aromatic carbocycles. The van der Waals surface area contributed by atoms with Crippen LogP contribution in [0.3, 0.4) is 0 Å². The number of carbonyl (C=O) groups excluding carboxylic acids is 1. The summed E-state index contributed by atoms with van der Waals surface area (Å²) in [4.78, 5) is 10.9. The smallest absolute Gasteiger partial charge is 0.134 e. The molecule has 0 bridgehead atoms. The van der Waals surface area contributed by atoms with Gasteiger partial charge in [-0.25, -0.2) is 0 Å². The molecule has 1 nitrogen and oxygen atoms in total. The van der Waals surface area contributed by atoms with Crippen molar-refractivity contribution in [2.45, 2.75) is 38.4 Å². The van der Waals surface area contributed by atoms with E-state index in [1.165, 1.54) is 5.75 Å². The van der Waals surface area contributed by atoms with Crippen molar-refractivity contribution in [3.63, 3.8) is 0 Å². The van der Waals surface area contributed by atoms with E-state index in [-0.39, 0.29) is 0 Å². The van der Waals surface area contributed by atoms with Crippen molar-refractivity contribution >= 4 is 17.5 Å². The van der Waals surface area contributed by atoms with Crippen molar-refractivity contribution < 1.29 is 4.79 Å². The second-order valence-electron chi connectivity index (χ2n) is 3.63. The maximum atomic E-state index is 10.9. The highest BCUT2D eigenvalue weighted by Crippen LogP contribution is 2.28. The Morgan fingerprint density at radius 2 is 2.36 bits per heavy atom. The van der Waals surface area contributed by atoms with E-state index in [9.17, 15) is 4.79 Å². The molecule has 0 aromatic rings. The molecule has 0 aliphatic heterocycles. The van der Waals surface area contributed by atoms with Crippen LogP contribution in [0.25, 0.3) is 0 Å². The fourth-order valence-corrected chi connectivity index (χ4v) is 2.50. The molecule has 1 aliphatic rings. The Hall–Kier alpha value is 0.0200. The molecule has 0 N–H and O–H groups in total. The Bertz CT molecular complexity index is 142. The van der Waals surface area contributed by atoms with Crippen LogP contribution < -0.4 is 0 Å². The lowest BCUT2D eigenvalue weighted by Crippen LogP contribution is -2.01. The van der Waals surface area contributed by atoms with Crippen LogP contribution in [-0.2, 0) is 4.79 Å². The molecule has 1 unspecified atom stereocenters. The lowest BCUT2D eigenvalue weighted by molar-refractivity contribution is -0.117. The minimum atomic E-state index is 0.464. The normalized spacial score (nSPS) is 25.0. The summed E-state index contributed by atoms with van der Waals surface area (Å²) in [5, 5.41) is 0.643. The average molecular weight is 172 g/mol. The molecule has 11 heavy (non-hydrogen) atoms. The standard InChI is InChI=1S/C9H16OS/c1-7(2)6-11-9-4-3-8(10)5-9/h7,9H,3-6H2,1-2H3. The average Bonchev–Trinajstić information content (AvgIpc) is 2.31. The van der Waals surface area contributed by atoms with E-state index < -0.39 is 0 Å². The highest BCUT2D eigenvalue weighted by molar-refractivity contribution is 7.99. The van der Waals surface area contributed by atoms with E-state index >= 15 is 0 Å². The lowest BCUT2D eigenvalue weighted by atomic mass is 10.3. The molecule has 0 heterocycles. The summed E-state index contributed by atoms with van der Waals surface area (Å²) in [6, 6.07) is 0. The fraction of sp³-hybridized carbons (Fsp3) is 0.889. The predicted molar refractivity (Wildman–Crippen MR) is 49.9 cm³/mol. The van der Waals surface area contributed by atoms with Crippen LogP contribution in [-0.4, -0.2) is 16.8 Å². The summed E-state index contributed by atoms with van der Waals surface area (Å²) in [5.74, 6) is 2.43. The van der Waals surface area contributed by atoms with Gasteiger partial charge in [0.2, 0.25) is 0 Å². The molecule has 0 spiro atoms. The van der Waals surface area contributed by atoms with Gasteiger partial charge in [-0.2, -0.15) is 11.8 Å². The van der Waals surface area contributed by atoms with E-state index in [2.05, 4.69) is 13.8 Å². The van der Waals surface area contributed by atoms with Crippen LogP contribution in [0.4, 0.5) is 0 Å². The van der Waals surface area contributed by atoms with Gasteiger partial charge in [-0.15, -0.1) is 0 Å². The maximum absolute atomic E-state index is 10.9. The molecule has 1 aliphatic carbocycles. The highest BCUT2D eigenvalue weighted by atomic mass is 32.2. The van der Waals surface area contributed by atoms with Crippen molar-refractivity contribution in [3.05, 3.63) is 0 Å². The summed E-state index contributed by atoms with van der Waals surface area (Å²) in [6.45, 7) is 4.45. The Morgan fingerprint density at radius 3 is 2.82 bits per heavy atom. The van der Waals surface area contributed by atoms with Gasteiger partial charge in [0.1, 0.15) is 5.78 Å². The van der Waals surface area contributed by atoms with Gasteiger partial charge in [-0.1, -0.05) is 13.8 Å². The third kappa shape index (κ3) is 3.28. The van der Waals surface area contributed by atoms with Crippen LogP contribution in [0.1, 0.15) is 33.1 Å². The Balaban J connectivity index is 2.13. The molecule has 1 saturated carbocycles. The topological polar surface area (TPSA) is 17.1 Å². The van der Waals surface area contributed by atoms with Crippen molar-refractivity contribution in [1.29, 1.82) is 0 Å². The molecule has 0 amide bonds. The van der Waals surface area contributed by atoms with Gasteiger partial charge in [0.05, 0.1) is 0 Å². The third-order valence-electron chi connectivity index (χ3n) is 1.87. The van der Waals surface area contributed by atoms with Crippen LogP contribution in [0, 0.1) is 5.92 Å². The van der Waals surface area contributed by atoms with E-state index in [0.717, 1.165) is 25.2 Å². The minimum Gasteiger partial charge on any atom is -0.300 e. The first-order valence-electron chi connectivity index (χ1n) is 4.32. The molecule has 0 radical (unpaired) electrons. The SMILES string of the molecule is CC(C)CSC1CCC(=O)C1. The highest BCUT2D eigenvalue weighted by Gasteiger charge is 2.21. The monoisotopic (exact) mass is 172 g/mol. The van der Waals surface area contributed by atoms with Gasteiger partial charge < -0.3 is 0 Å². The zero-order valence-electron chi connectivity index (χ0n) is 7.30. The summed E-state index contributed by atoms with van der Waals surface area (Å²) in [7, 11) is 0. The first kappa shape index (κ1) is 9.11. The van der Waals surface area contributed by atoms with E-state index in [0.29, 0.717) is 11.0 Å². The molecule has 1 rings (SSSR count). The molecular formula is C9H16OS. The van der Waals surface area contributed by atoms with Crippen LogP contribution >= 0.6 is 11.8 Å². The number of rotatable bonds is 3. The van der Waals surface area contributed by atoms with Crippen molar-refractivity contribution in [2.75, 3.05) is 5.75 Å². The van der Waals surface area contributed by atoms with Crippen LogP contribution in [0.5, 0.6) is 0 Å². The largest absolute Gasteiger partial charge is 0.300 e. The number of ketones is 1. The molecule has 1 atom stereocenters. The maximum Gasteiger partial charge on any atom is 0.134 e. The summed E-state index contributed by atoms with van der Waals surface area (Å²) >= 11 is 1.98. The quantitative estimate of drug-likeness (QED) is 0.650. The lowest BCUT2D eigenvalue weighted by Gasteiger charge is -2.08. The van der Waals surface area contributed by atoms with Crippen molar-refractivity contribution in [2.24, 2.45) is 5.92 Å². The number of Topliss-reactive ketones (excluding diaryl/α,β-unsaturated/α-hetero) is 1. The van der Waals surface area contributed by atoms with Crippen molar-refractivity contribution in [3.8, 4) is 0 Å². The number of hydrogen-bond donors (Lipinski definition) is 0. The van der Waals surface area contributed by atoms with E-state index in [1.807, 2.05) is 11.8 Å². The summed E-state index contributed by atoms with van der Waals surface area (Å²) in [6.07, 6.45) is 2.78. The zero-order valence-corrected chi connectivity index (χ0v) is 8.12. The third-order valence-corrected chi connectivity index (χ3v) is 3.60. The summed E-state index contributed by atoms with van der Waals surface area (Å²) in [5.41, 5.74) is 0. The van der Waals surface area contributed by atoms with Gasteiger partial charge in [0.15, 0.2) is 0 Å². The molecule has 64 valence electrons. The van der Waals surface area contributed by atoms with Crippen molar-refractivity contribution in [1.82, 2.24) is 0 Å². The van der Waals surface area contributed by atoms with Crippen LogP contribution in [0.2, 0.25) is 0 Å². The summed E-state index contributed by atoms with van der Waals surface area (Å²) < 4.78 is 0. The second-order valence-corrected chi connectivity index (χ2v) is 4.96. The number of hydrogen-bond acceptors (Lipinski definition) is 2. The Labute approximate surface area is 72.9 Å². The second kappa shape index (κ2) is 4.15. The molecule has 2 heteroatoms. The van der Waals surface area contributed by atoms with Gasteiger partial charge in [0, 0.05) is 18.1 Å². The molecule has 1 fully saturated rings. The zero-order chi connectivity index (χ0) is 8.27. The first-order valence-corrected chi connectivity index (χ1v) is 5.36. The molecule has 0 aromatic heterocycles. The first-order chi connectivity index (χ1) is 5.18. The van der Waals surface area contributed by atoms with Gasteiger partial charge >= 0.3 is 0 Å². The van der Waals surface area contributed by atoms with E-state index in [4.69, 9.17) is 0 Å². The molecular weight excluding hydrogens is 156 g/mol. The van der Waals surface area contributed by atoms with E-state index in [1.54, 1.807) is 0 Å². The van der Waals surface area contributed by atoms with Crippen LogP contribution in [0.15, 0.2) is 0 Å². The number of thioether (sulfide) groups is 1. The molecule has 0 saturated heterocycles. The van der Waals surface area contributed by atoms with Gasteiger partial charge in [-0.05, 0) is 18.1 Å². The van der Waals surface area contributed by atoms with Gasteiger partial charge in [0.25, 0.3) is 0 Å². The minimum absolute atomic E-state index is 0.464. The Kier molecular flexibility index (Phi) is 3.44. The fourth-order valence-electron chi connectivity index (χ4n) is 1.25. The number of carbonyl (C=O) groups is 1. The predicted octanol–water partition coefficient (Wildman–Crippen LogP) is 2.50. The van der Waals surface area contributed by atoms with Gasteiger partial charge in [-0.3, -0.25) is 4.79 Å². The Morgan fingerprint density at radius 1 is 1.64 bits per heavy atom.